The first-order valence-electron chi connectivity index (χ1n) is 9.46. The summed E-state index contributed by atoms with van der Waals surface area (Å²) in [5.74, 6) is 1.25. The van der Waals surface area contributed by atoms with Gasteiger partial charge in [-0.05, 0) is 69.7 Å². The second-order valence-electron chi connectivity index (χ2n) is 7.11. The van der Waals surface area contributed by atoms with Crippen LogP contribution in [0.3, 0.4) is 0 Å². The Morgan fingerprint density at radius 3 is 2.88 bits per heavy atom. The third-order valence-electron chi connectivity index (χ3n) is 5.27. The van der Waals surface area contributed by atoms with Gasteiger partial charge in [-0.25, -0.2) is 0 Å². The SMILES string of the molecule is CNCC1CCCN1C(=O)CCc1cccc(OC2CCCC2)c1. The van der Waals surface area contributed by atoms with Crippen molar-refractivity contribution >= 4 is 5.91 Å². The molecule has 0 radical (unpaired) electrons. The highest BCUT2D eigenvalue weighted by molar-refractivity contribution is 5.77. The monoisotopic (exact) mass is 330 g/mol. The van der Waals surface area contributed by atoms with Crippen molar-refractivity contribution in [1.82, 2.24) is 10.2 Å². The Labute approximate surface area is 145 Å². The van der Waals surface area contributed by atoms with Crippen LogP contribution in [-0.4, -0.2) is 43.1 Å². The fourth-order valence-corrected chi connectivity index (χ4v) is 3.98. The molecule has 1 amide bonds. The zero-order chi connectivity index (χ0) is 16.8. The first-order chi connectivity index (χ1) is 11.8. The van der Waals surface area contributed by atoms with E-state index in [-0.39, 0.29) is 5.91 Å². The van der Waals surface area contributed by atoms with Gasteiger partial charge in [0.05, 0.1) is 6.10 Å². The number of carbonyl (C=O) groups excluding carboxylic acids is 1. The molecule has 1 aliphatic carbocycles. The van der Waals surface area contributed by atoms with E-state index < -0.39 is 0 Å². The van der Waals surface area contributed by atoms with E-state index in [0.717, 1.165) is 38.1 Å². The van der Waals surface area contributed by atoms with Crippen LogP contribution in [0.1, 0.15) is 50.5 Å². The number of hydrogen-bond donors (Lipinski definition) is 1. The number of nitrogens with one attached hydrogen (secondary N) is 1. The smallest absolute Gasteiger partial charge is 0.223 e. The van der Waals surface area contributed by atoms with Gasteiger partial charge in [-0.15, -0.1) is 0 Å². The van der Waals surface area contributed by atoms with Gasteiger partial charge in [0.1, 0.15) is 5.75 Å². The minimum absolute atomic E-state index is 0.287. The van der Waals surface area contributed by atoms with Crippen LogP contribution in [0.25, 0.3) is 0 Å². The van der Waals surface area contributed by atoms with E-state index in [1.54, 1.807) is 0 Å². The van der Waals surface area contributed by atoms with Gasteiger partial charge < -0.3 is 15.0 Å². The van der Waals surface area contributed by atoms with Crippen LogP contribution in [0.5, 0.6) is 5.75 Å². The summed E-state index contributed by atoms with van der Waals surface area (Å²) in [7, 11) is 1.96. The summed E-state index contributed by atoms with van der Waals surface area (Å²) < 4.78 is 6.07. The molecule has 1 aromatic rings. The maximum atomic E-state index is 12.5. The van der Waals surface area contributed by atoms with E-state index in [1.807, 2.05) is 19.2 Å². The van der Waals surface area contributed by atoms with Gasteiger partial charge in [0, 0.05) is 25.6 Å². The van der Waals surface area contributed by atoms with Gasteiger partial charge in [0.25, 0.3) is 0 Å². The molecule has 0 aromatic heterocycles. The number of ether oxygens (including phenoxy) is 1. The number of nitrogens with zero attached hydrogens (tertiary/aromatic N) is 1. The number of hydrogen-bond acceptors (Lipinski definition) is 3. The molecule has 1 aliphatic heterocycles. The summed E-state index contributed by atoms with van der Waals surface area (Å²) in [5.41, 5.74) is 1.20. The first kappa shape index (κ1) is 17.3. The molecule has 3 rings (SSSR count). The molecule has 1 atom stereocenters. The Bertz CT molecular complexity index is 540. The molecule has 1 heterocycles. The molecule has 2 aliphatic rings. The molecule has 1 N–H and O–H groups in total. The number of amides is 1. The Kier molecular flexibility index (Phi) is 6.13. The Balaban J connectivity index is 1.51. The number of rotatable bonds is 7. The lowest BCUT2D eigenvalue weighted by Gasteiger charge is -2.24. The number of likely N-dealkylation sites (tertiary alicyclic amines) is 1. The highest BCUT2D eigenvalue weighted by Gasteiger charge is 2.27. The minimum atomic E-state index is 0.287. The fourth-order valence-electron chi connectivity index (χ4n) is 3.98. The lowest BCUT2D eigenvalue weighted by atomic mass is 10.1. The Morgan fingerprint density at radius 2 is 2.08 bits per heavy atom. The van der Waals surface area contributed by atoms with E-state index in [1.165, 1.54) is 31.2 Å². The summed E-state index contributed by atoms with van der Waals surface area (Å²) in [4.78, 5) is 14.6. The van der Waals surface area contributed by atoms with Crippen LogP contribution >= 0.6 is 0 Å². The number of aryl methyl sites for hydroxylation is 1. The van der Waals surface area contributed by atoms with Crippen LogP contribution in [-0.2, 0) is 11.2 Å². The largest absolute Gasteiger partial charge is 0.490 e. The molecule has 132 valence electrons. The third-order valence-corrected chi connectivity index (χ3v) is 5.27. The van der Waals surface area contributed by atoms with E-state index >= 15 is 0 Å². The highest BCUT2D eigenvalue weighted by atomic mass is 16.5. The van der Waals surface area contributed by atoms with Gasteiger partial charge in [-0.1, -0.05) is 12.1 Å². The van der Waals surface area contributed by atoms with Crippen LogP contribution in [0.4, 0.5) is 0 Å². The van der Waals surface area contributed by atoms with E-state index in [9.17, 15) is 4.79 Å². The minimum Gasteiger partial charge on any atom is -0.490 e. The van der Waals surface area contributed by atoms with Crippen LogP contribution in [0.15, 0.2) is 24.3 Å². The zero-order valence-corrected chi connectivity index (χ0v) is 14.8. The molecule has 0 bridgehead atoms. The summed E-state index contributed by atoms with van der Waals surface area (Å²) >= 11 is 0. The maximum absolute atomic E-state index is 12.5. The molecule has 1 saturated carbocycles. The predicted octanol–water partition coefficient (Wildman–Crippen LogP) is 3.15. The maximum Gasteiger partial charge on any atom is 0.223 e. The standard InChI is InChI=1S/C20H30N2O2/c1-21-15-17-7-5-13-22(17)20(23)12-11-16-6-4-10-19(14-16)24-18-8-2-3-9-18/h4,6,10,14,17-18,21H,2-3,5,7-9,11-13,15H2,1H3. The van der Waals surface area contributed by atoms with Crippen molar-refractivity contribution in [1.29, 1.82) is 0 Å². The molecular formula is C20H30N2O2. The summed E-state index contributed by atoms with van der Waals surface area (Å²) in [6, 6.07) is 8.67. The van der Waals surface area contributed by atoms with Crippen LogP contribution in [0, 0.1) is 0 Å². The van der Waals surface area contributed by atoms with E-state index in [0.29, 0.717) is 18.6 Å². The van der Waals surface area contributed by atoms with Crippen LogP contribution < -0.4 is 10.1 Å². The lowest BCUT2D eigenvalue weighted by Crippen LogP contribution is -2.40. The van der Waals surface area contributed by atoms with E-state index in [4.69, 9.17) is 4.74 Å². The highest BCUT2D eigenvalue weighted by Crippen LogP contribution is 2.25. The van der Waals surface area contributed by atoms with Crippen molar-refractivity contribution in [2.24, 2.45) is 0 Å². The normalized spacial score (nSPS) is 21.4. The second kappa shape index (κ2) is 8.52. The average molecular weight is 330 g/mol. The Morgan fingerprint density at radius 1 is 1.25 bits per heavy atom. The van der Waals surface area contributed by atoms with Crippen molar-refractivity contribution in [2.45, 2.75) is 63.5 Å². The molecule has 4 nitrogen and oxygen atoms in total. The van der Waals surface area contributed by atoms with E-state index in [2.05, 4.69) is 22.3 Å². The molecule has 1 unspecified atom stereocenters. The number of carbonyl (C=O) groups is 1. The molecule has 4 heteroatoms. The molecular weight excluding hydrogens is 300 g/mol. The van der Waals surface area contributed by atoms with Crippen LogP contribution in [0.2, 0.25) is 0 Å². The number of likely N-dealkylation sites (N-methyl/N-ethyl adjacent to an activating group) is 1. The van der Waals surface area contributed by atoms with Crippen molar-refractivity contribution in [2.75, 3.05) is 20.1 Å². The predicted molar refractivity (Wildman–Crippen MR) is 96.3 cm³/mol. The topological polar surface area (TPSA) is 41.6 Å². The Hall–Kier alpha value is -1.55. The van der Waals surface area contributed by atoms with Gasteiger partial charge in [0.2, 0.25) is 5.91 Å². The quantitative estimate of drug-likeness (QED) is 0.835. The van der Waals surface area contributed by atoms with Gasteiger partial charge in [-0.3, -0.25) is 4.79 Å². The van der Waals surface area contributed by atoms with Gasteiger partial charge >= 0.3 is 0 Å². The van der Waals surface area contributed by atoms with Crippen molar-refractivity contribution in [3.8, 4) is 5.75 Å². The summed E-state index contributed by atoms with van der Waals surface area (Å²) in [6.07, 6.45) is 8.92. The van der Waals surface area contributed by atoms with Gasteiger partial charge in [-0.2, -0.15) is 0 Å². The molecule has 24 heavy (non-hydrogen) atoms. The summed E-state index contributed by atoms with van der Waals surface area (Å²) in [5, 5.41) is 3.20. The summed E-state index contributed by atoms with van der Waals surface area (Å²) in [6.45, 7) is 1.81. The number of benzene rings is 1. The fraction of sp³-hybridized carbons (Fsp3) is 0.650. The molecule has 1 aromatic carbocycles. The van der Waals surface area contributed by atoms with Crippen molar-refractivity contribution < 1.29 is 9.53 Å². The first-order valence-corrected chi connectivity index (χ1v) is 9.46. The molecule has 2 fully saturated rings. The van der Waals surface area contributed by atoms with Crippen molar-refractivity contribution in [3.63, 3.8) is 0 Å². The molecule has 1 saturated heterocycles. The third kappa shape index (κ3) is 4.50. The van der Waals surface area contributed by atoms with Gasteiger partial charge in [0.15, 0.2) is 0 Å². The van der Waals surface area contributed by atoms with Crippen molar-refractivity contribution in [3.05, 3.63) is 29.8 Å². The lowest BCUT2D eigenvalue weighted by molar-refractivity contribution is -0.131. The zero-order valence-electron chi connectivity index (χ0n) is 14.8. The molecule has 0 spiro atoms. The second-order valence-corrected chi connectivity index (χ2v) is 7.11. The average Bonchev–Trinajstić information content (AvgIpc) is 3.25.